The van der Waals surface area contributed by atoms with Gasteiger partial charge >= 0.3 is 24.4 Å². The molecule has 1 aromatic heterocycles. The van der Waals surface area contributed by atoms with Crippen LogP contribution < -0.4 is 0 Å². The van der Waals surface area contributed by atoms with E-state index in [1.807, 2.05) is 0 Å². The largest absolute Gasteiger partial charge is 0.334 e. The van der Waals surface area contributed by atoms with Gasteiger partial charge in [-0.1, -0.05) is 18.2 Å². The number of para-hydroxylation sites is 2. The molecule has 1 saturated heterocycles. The Labute approximate surface area is 134 Å². The lowest BCUT2D eigenvalue weighted by Crippen LogP contribution is -2.33. The van der Waals surface area contributed by atoms with E-state index in [9.17, 15) is 23.2 Å². The molecule has 0 radical (unpaired) electrons. The van der Waals surface area contributed by atoms with Crippen LogP contribution in [0.1, 0.15) is 12.4 Å². The van der Waals surface area contributed by atoms with Gasteiger partial charge in [-0.05, 0) is 12.1 Å². The molecule has 0 aliphatic carbocycles. The van der Waals surface area contributed by atoms with Crippen molar-refractivity contribution in [3.8, 4) is 0 Å². The van der Waals surface area contributed by atoms with Gasteiger partial charge in [0.25, 0.3) is 0 Å². The number of imidazole rings is 1. The standard InChI is InChI=1S/C15H12F2N4O3/c1-2-7-19-12(22)13(23)20(15(19)24)8-11-18-9-5-3-4-6-10(9)21(11)14(16)17/h2-6,14H,1,7-8H2. The Morgan fingerprint density at radius 3 is 2.46 bits per heavy atom. The van der Waals surface area contributed by atoms with Crippen LogP contribution in [0.25, 0.3) is 11.0 Å². The van der Waals surface area contributed by atoms with Crippen LogP contribution in [0, 0.1) is 0 Å². The summed E-state index contributed by atoms with van der Waals surface area (Å²) in [6, 6.07) is 5.34. The minimum absolute atomic E-state index is 0.134. The normalized spacial score (nSPS) is 15.2. The monoisotopic (exact) mass is 334 g/mol. The molecule has 3 rings (SSSR count). The summed E-state index contributed by atoms with van der Waals surface area (Å²) in [4.78, 5) is 41.3. The minimum Gasteiger partial charge on any atom is -0.269 e. The highest BCUT2D eigenvalue weighted by Gasteiger charge is 2.44. The topological polar surface area (TPSA) is 75.5 Å². The smallest absolute Gasteiger partial charge is 0.269 e. The van der Waals surface area contributed by atoms with Gasteiger partial charge in [0, 0.05) is 6.54 Å². The number of halogens is 2. The second-order valence-electron chi connectivity index (χ2n) is 5.04. The Kier molecular flexibility index (Phi) is 3.84. The van der Waals surface area contributed by atoms with Crippen LogP contribution in [0.15, 0.2) is 36.9 Å². The molecular weight excluding hydrogens is 322 g/mol. The third-order valence-corrected chi connectivity index (χ3v) is 3.61. The fourth-order valence-electron chi connectivity index (χ4n) is 2.54. The van der Waals surface area contributed by atoms with E-state index in [-0.39, 0.29) is 17.9 Å². The zero-order valence-corrected chi connectivity index (χ0v) is 12.4. The molecule has 1 aliphatic heterocycles. The average Bonchev–Trinajstić information content (AvgIpc) is 3.01. The number of aromatic nitrogens is 2. The number of hydrogen-bond donors (Lipinski definition) is 0. The summed E-state index contributed by atoms with van der Waals surface area (Å²) in [6.07, 6.45) is 1.29. The van der Waals surface area contributed by atoms with E-state index in [0.29, 0.717) is 19.9 Å². The molecule has 7 nitrogen and oxygen atoms in total. The summed E-state index contributed by atoms with van der Waals surface area (Å²) in [6.45, 7) is -0.152. The molecule has 0 saturated carbocycles. The van der Waals surface area contributed by atoms with Gasteiger partial charge in [0.05, 0.1) is 17.6 Å². The quantitative estimate of drug-likeness (QED) is 0.475. The molecule has 0 unspecified atom stereocenters. The number of carbonyl (C=O) groups is 3. The Balaban J connectivity index is 1.99. The van der Waals surface area contributed by atoms with Gasteiger partial charge in [-0.2, -0.15) is 8.78 Å². The number of nitrogens with zero attached hydrogens (tertiary/aromatic N) is 4. The van der Waals surface area contributed by atoms with E-state index < -0.39 is 30.9 Å². The number of carbonyl (C=O) groups excluding carboxylic acids is 3. The maximum atomic E-state index is 13.4. The lowest BCUT2D eigenvalue weighted by atomic mass is 10.3. The summed E-state index contributed by atoms with van der Waals surface area (Å²) in [5, 5.41) is 0. The van der Waals surface area contributed by atoms with Crippen molar-refractivity contribution in [2.75, 3.05) is 6.54 Å². The van der Waals surface area contributed by atoms with E-state index in [2.05, 4.69) is 11.6 Å². The van der Waals surface area contributed by atoms with Crippen LogP contribution >= 0.6 is 0 Å². The summed E-state index contributed by atoms with van der Waals surface area (Å²) in [5.74, 6) is -2.27. The Hall–Kier alpha value is -3.10. The highest BCUT2D eigenvalue weighted by molar-refractivity contribution is 6.44. The summed E-state index contributed by atoms with van der Waals surface area (Å²) in [5.41, 5.74) is 0.483. The molecule has 4 amide bonds. The van der Waals surface area contributed by atoms with Gasteiger partial charge in [-0.3, -0.25) is 19.1 Å². The molecule has 0 bridgehead atoms. The van der Waals surface area contributed by atoms with Crippen molar-refractivity contribution in [3.63, 3.8) is 0 Å². The summed E-state index contributed by atoms with van der Waals surface area (Å²) >= 11 is 0. The van der Waals surface area contributed by atoms with Crippen LogP contribution in [0.5, 0.6) is 0 Å². The van der Waals surface area contributed by atoms with Gasteiger partial charge in [0.1, 0.15) is 5.82 Å². The number of urea groups is 1. The molecule has 0 N–H and O–H groups in total. The summed E-state index contributed by atoms with van der Waals surface area (Å²) in [7, 11) is 0. The van der Waals surface area contributed by atoms with Gasteiger partial charge in [0.2, 0.25) is 0 Å². The second kappa shape index (κ2) is 5.84. The zero-order chi connectivity index (χ0) is 17.4. The molecular formula is C15H12F2N4O3. The molecule has 1 aromatic carbocycles. The van der Waals surface area contributed by atoms with Crippen molar-refractivity contribution in [2.45, 2.75) is 13.1 Å². The van der Waals surface area contributed by atoms with Crippen LogP contribution in [-0.4, -0.2) is 43.7 Å². The third kappa shape index (κ3) is 2.34. The molecule has 2 heterocycles. The van der Waals surface area contributed by atoms with Crippen molar-refractivity contribution in [1.82, 2.24) is 19.4 Å². The zero-order valence-electron chi connectivity index (χ0n) is 12.4. The van der Waals surface area contributed by atoms with E-state index in [1.165, 1.54) is 12.1 Å². The number of amides is 4. The summed E-state index contributed by atoms with van der Waals surface area (Å²) < 4.78 is 27.4. The predicted octanol–water partition coefficient (Wildman–Crippen LogP) is 1.91. The Bertz CT molecular complexity index is 862. The molecule has 9 heteroatoms. The second-order valence-corrected chi connectivity index (χ2v) is 5.04. The minimum atomic E-state index is -2.90. The predicted molar refractivity (Wildman–Crippen MR) is 78.8 cm³/mol. The molecule has 2 aromatic rings. The first-order chi connectivity index (χ1) is 11.5. The van der Waals surface area contributed by atoms with Gasteiger partial charge in [-0.15, -0.1) is 6.58 Å². The highest BCUT2D eigenvalue weighted by Crippen LogP contribution is 2.25. The van der Waals surface area contributed by atoms with Crippen LogP contribution in [0.4, 0.5) is 13.6 Å². The van der Waals surface area contributed by atoms with Crippen LogP contribution in [0.2, 0.25) is 0 Å². The number of benzene rings is 1. The van der Waals surface area contributed by atoms with Crippen molar-refractivity contribution in [2.24, 2.45) is 0 Å². The molecule has 0 atom stereocenters. The SMILES string of the molecule is C=CCN1C(=O)C(=O)N(Cc2nc3ccccc3n2C(F)F)C1=O. The molecule has 1 fully saturated rings. The van der Waals surface area contributed by atoms with Crippen molar-refractivity contribution < 1.29 is 23.2 Å². The third-order valence-electron chi connectivity index (χ3n) is 3.61. The molecule has 1 aliphatic rings. The number of rotatable bonds is 5. The average molecular weight is 334 g/mol. The lowest BCUT2D eigenvalue weighted by Gasteiger charge is -2.15. The van der Waals surface area contributed by atoms with Crippen molar-refractivity contribution >= 4 is 28.9 Å². The lowest BCUT2D eigenvalue weighted by molar-refractivity contribution is -0.143. The fourth-order valence-corrected chi connectivity index (χ4v) is 2.54. The fraction of sp³-hybridized carbons (Fsp3) is 0.200. The maximum absolute atomic E-state index is 13.4. The van der Waals surface area contributed by atoms with E-state index in [4.69, 9.17) is 0 Å². The maximum Gasteiger partial charge on any atom is 0.334 e. The first kappa shape index (κ1) is 15.8. The molecule has 124 valence electrons. The first-order valence-corrected chi connectivity index (χ1v) is 6.98. The van der Waals surface area contributed by atoms with Crippen molar-refractivity contribution in [3.05, 3.63) is 42.7 Å². The van der Waals surface area contributed by atoms with Crippen LogP contribution in [0.3, 0.4) is 0 Å². The van der Waals surface area contributed by atoms with Gasteiger partial charge < -0.3 is 0 Å². The molecule has 24 heavy (non-hydrogen) atoms. The van der Waals surface area contributed by atoms with Gasteiger partial charge in [0.15, 0.2) is 0 Å². The van der Waals surface area contributed by atoms with E-state index in [1.54, 1.807) is 18.2 Å². The molecule has 0 spiro atoms. The Morgan fingerprint density at radius 1 is 1.12 bits per heavy atom. The van der Waals surface area contributed by atoms with Crippen molar-refractivity contribution in [1.29, 1.82) is 0 Å². The number of imide groups is 2. The highest BCUT2D eigenvalue weighted by atomic mass is 19.3. The Morgan fingerprint density at radius 2 is 1.79 bits per heavy atom. The first-order valence-electron chi connectivity index (χ1n) is 6.98. The number of alkyl halides is 2. The van der Waals surface area contributed by atoms with E-state index >= 15 is 0 Å². The van der Waals surface area contributed by atoms with Crippen LogP contribution in [-0.2, 0) is 16.1 Å². The number of fused-ring (bicyclic) bond motifs is 1. The van der Waals surface area contributed by atoms with Gasteiger partial charge in [-0.25, -0.2) is 14.7 Å². The number of hydrogen-bond acceptors (Lipinski definition) is 4. The van der Waals surface area contributed by atoms with E-state index in [0.717, 1.165) is 0 Å².